The monoisotopic (exact) mass is 238 g/mol. The molecule has 3 atom stereocenters. The number of hydrogen-bond acceptors (Lipinski definition) is 2. The molecule has 1 amide bonds. The normalized spacial score (nSPS) is 36.8. The quantitative estimate of drug-likeness (QED) is 0.775. The number of nitrogens with one attached hydrogen (secondary N) is 1. The molecule has 2 aliphatic carbocycles. The Balaban J connectivity index is 1.86. The summed E-state index contributed by atoms with van der Waals surface area (Å²) in [5.41, 5.74) is 5.61. The van der Waals surface area contributed by atoms with Gasteiger partial charge in [0.2, 0.25) is 5.91 Å². The maximum absolute atomic E-state index is 12.2. The summed E-state index contributed by atoms with van der Waals surface area (Å²) in [6.07, 6.45) is 7.37. The van der Waals surface area contributed by atoms with Crippen molar-refractivity contribution in [3.8, 4) is 0 Å². The van der Waals surface area contributed by atoms with Gasteiger partial charge in [0.25, 0.3) is 0 Å². The molecule has 3 nitrogen and oxygen atoms in total. The van der Waals surface area contributed by atoms with Crippen LogP contribution in [0.5, 0.6) is 0 Å². The molecule has 0 aromatic carbocycles. The van der Waals surface area contributed by atoms with Crippen LogP contribution in [0.15, 0.2) is 0 Å². The lowest BCUT2D eigenvalue weighted by atomic mass is 9.79. The molecule has 2 saturated carbocycles. The Hall–Kier alpha value is -0.570. The van der Waals surface area contributed by atoms with Gasteiger partial charge < -0.3 is 11.1 Å². The van der Waals surface area contributed by atoms with Crippen LogP contribution in [0.4, 0.5) is 0 Å². The average Bonchev–Trinajstić information content (AvgIpc) is 2.72. The summed E-state index contributed by atoms with van der Waals surface area (Å²) in [6, 6.07) is 0.356. The summed E-state index contributed by atoms with van der Waals surface area (Å²) in [4.78, 5) is 12.2. The summed E-state index contributed by atoms with van der Waals surface area (Å²) in [6.45, 7) is 4.60. The highest BCUT2D eigenvalue weighted by Gasteiger charge is 2.38. The average molecular weight is 238 g/mol. The van der Waals surface area contributed by atoms with Crippen molar-refractivity contribution in [3.05, 3.63) is 0 Å². The minimum atomic E-state index is -0.563. The van der Waals surface area contributed by atoms with Crippen molar-refractivity contribution < 1.29 is 4.79 Å². The van der Waals surface area contributed by atoms with Crippen molar-refractivity contribution in [2.45, 2.75) is 70.4 Å². The number of amides is 1. The standard InChI is InChI=1S/C14H26N2O/c1-10-5-6-12(9-11(10)2)16-13(17)14(15)7-3-4-8-14/h10-12H,3-9,15H2,1-2H3,(H,16,17). The number of carbonyl (C=O) groups is 1. The number of nitrogens with two attached hydrogens (primary N) is 1. The van der Waals surface area contributed by atoms with Crippen molar-refractivity contribution in [1.82, 2.24) is 5.32 Å². The van der Waals surface area contributed by atoms with Gasteiger partial charge in [0.1, 0.15) is 0 Å². The van der Waals surface area contributed by atoms with Gasteiger partial charge in [0.05, 0.1) is 5.54 Å². The molecular weight excluding hydrogens is 212 g/mol. The zero-order valence-electron chi connectivity index (χ0n) is 11.2. The number of rotatable bonds is 2. The van der Waals surface area contributed by atoms with Gasteiger partial charge in [-0.2, -0.15) is 0 Å². The van der Waals surface area contributed by atoms with E-state index >= 15 is 0 Å². The zero-order chi connectivity index (χ0) is 12.5. The molecule has 2 aliphatic rings. The highest BCUT2D eigenvalue weighted by atomic mass is 16.2. The molecule has 3 heteroatoms. The molecule has 0 aromatic heterocycles. The zero-order valence-corrected chi connectivity index (χ0v) is 11.2. The Kier molecular flexibility index (Phi) is 3.76. The molecule has 17 heavy (non-hydrogen) atoms. The van der Waals surface area contributed by atoms with Crippen LogP contribution in [0.25, 0.3) is 0 Å². The Bertz CT molecular complexity index is 284. The fourth-order valence-corrected chi connectivity index (χ4v) is 3.24. The molecule has 0 heterocycles. The van der Waals surface area contributed by atoms with Gasteiger partial charge >= 0.3 is 0 Å². The third-order valence-electron chi connectivity index (χ3n) is 4.88. The fraction of sp³-hybridized carbons (Fsp3) is 0.929. The molecule has 0 bridgehead atoms. The van der Waals surface area contributed by atoms with Crippen molar-refractivity contribution in [3.63, 3.8) is 0 Å². The van der Waals surface area contributed by atoms with E-state index in [9.17, 15) is 4.79 Å². The molecule has 0 spiro atoms. The first kappa shape index (κ1) is 12.9. The van der Waals surface area contributed by atoms with E-state index in [1.54, 1.807) is 0 Å². The second-order valence-corrected chi connectivity index (χ2v) is 6.30. The minimum absolute atomic E-state index is 0.0988. The van der Waals surface area contributed by atoms with Gasteiger partial charge in [-0.15, -0.1) is 0 Å². The smallest absolute Gasteiger partial charge is 0.240 e. The molecule has 0 saturated heterocycles. The molecule has 2 rings (SSSR count). The predicted molar refractivity (Wildman–Crippen MR) is 69.5 cm³/mol. The second kappa shape index (κ2) is 4.97. The van der Waals surface area contributed by atoms with Crippen molar-refractivity contribution >= 4 is 5.91 Å². The first-order valence-electron chi connectivity index (χ1n) is 7.11. The fourth-order valence-electron chi connectivity index (χ4n) is 3.24. The van der Waals surface area contributed by atoms with E-state index in [1.807, 2.05) is 0 Å². The summed E-state index contributed by atoms with van der Waals surface area (Å²) < 4.78 is 0. The summed E-state index contributed by atoms with van der Waals surface area (Å²) in [7, 11) is 0. The van der Waals surface area contributed by atoms with Crippen LogP contribution in [-0.4, -0.2) is 17.5 Å². The van der Waals surface area contributed by atoms with Crippen LogP contribution in [0, 0.1) is 11.8 Å². The SMILES string of the molecule is CC1CCC(NC(=O)C2(N)CCCC2)CC1C. The third kappa shape index (κ3) is 2.82. The number of hydrogen-bond donors (Lipinski definition) is 2. The Morgan fingerprint density at radius 2 is 1.82 bits per heavy atom. The van der Waals surface area contributed by atoms with E-state index in [-0.39, 0.29) is 5.91 Å². The van der Waals surface area contributed by atoms with Crippen LogP contribution < -0.4 is 11.1 Å². The molecule has 0 aliphatic heterocycles. The third-order valence-corrected chi connectivity index (χ3v) is 4.88. The predicted octanol–water partition coefficient (Wildman–Crippen LogP) is 2.20. The molecule has 98 valence electrons. The molecular formula is C14H26N2O. The molecule has 0 radical (unpaired) electrons. The molecule has 0 aromatic rings. The van der Waals surface area contributed by atoms with Crippen LogP contribution in [-0.2, 0) is 4.79 Å². The van der Waals surface area contributed by atoms with Crippen LogP contribution in [0.2, 0.25) is 0 Å². The molecule has 3 unspecified atom stereocenters. The highest BCUT2D eigenvalue weighted by Crippen LogP contribution is 2.31. The van der Waals surface area contributed by atoms with E-state index in [4.69, 9.17) is 5.73 Å². The topological polar surface area (TPSA) is 55.1 Å². The van der Waals surface area contributed by atoms with E-state index in [1.165, 1.54) is 6.42 Å². The Morgan fingerprint density at radius 1 is 1.18 bits per heavy atom. The van der Waals surface area contributed by atoms with E-state index in [0.29, 0.717) is 12.0 Å². The second-order valence-electron chi connectivity index (χ2n) is 6.30. The summed E-state index contributed by atoms with van der Waals surface area (Å²) >= 11 is 0. The van der Waals surface area contributed by atoms with Crippen molar-refractivity contribution in [2.75, 3.05) is 0 Å². The van der Waals surface area contributed by atoms with E-state index < -0.39 is 5.54 Å². The lowest BCUT2D eigenvalue weighted by Gasteiger charge is -2.34. The first-order valence-corrected chi connectivity index (χ1v) is 7.11. The van der Waals surface area contributed by atoms with Crippen LogP contribution >= 0.6 is 0 Å². The van der Waals surface area contributed by atoms with Gasteiger partial charge in [-0.25, -0.2) is 0 Å². The maximum atomic E-state index is 12.2. The van der Waals surface area contributed by atoms with E-state index in [2.05, 4.69) is 19.2 Å². The van der Waals surface area contributed by atoms with Crippen LogP contribution in [0.3, 0.4) is 0 Å². The van der Waals surface area contributed by atoms with Crippen LogP contribution in [0.1, 0.15) is 58.8 Å². The van der Waals surface area contributed by atoms with E-state index in [0.717, 1.165) is 44.4 Å². The molecule has 3 N–H and O–H groups in total. The minimum Gasteiger partial charge on any atom is -0.352 e. The maximum Gasteiger partial charge on any atom is 0.240 e. The summed E-state index contributed by atoms with van der Waals surface area (Å²) in [5.74, 6) is 1.61. The lowest BCUT2D eigenvalue weighted by molar-refractivity contribution is -0.127. The van der Waals surface area contributed by atoms with Crippen molar-refractivity contribution in [1.29, 1.82) is 0 Å². The summed E-state index contributed by atoms with van der Waals surface area (Å²) in [5, 5.41) is 3.19. The Labute approximate surface area is 105 Å². The largest absolute Gasteiger partial charge is 0.352 e. The highest BCUT2D eigenvalue weighted by molar-refractivity contribution is 5.86. The van der Waals surface area contributed by atoms with Gasteiger partial charge in [-0.05, 0) is 43.9 Å². The van der Waals surface area contributed by atoms with Gasteiger partial charge in [-0.1, -0.05) is 26.7 Å². The number of carbonyl (C=O) groups excluding carboxylic acids is 1. The first-order chi connectivity index (χ1) is 8.01. The lowest BCUT2D eigenvalue weighted by Crippen LogP contribution is -2.55. The van der Waals surface area contributed by atoms with Gasteiger partial charge in [0.15, 0.2) is 0 Å². The van der Waals surface area contributed by atoms with Gasteiger partial charge in [0, 0.05) is 6.04 Å². The van der Waals surface area contributed by atoms with Gasteiger partial charge in [-0.3, -0.25) is 4.79 Å². The molecule has 2 fully saturated rings. The van der Waals surface area contributed by atoms with Crippen molar-refractivity contribution in [2.24, 2.45) is 17.6 Å². The Morgan fingerprint density at radius 3 is 2.41 bits per heavy atom.